The number of rotatable bonds is 6. The number of aromatic nitrogens is 1. The quantitative estimate of drug-likeness (QED) is 0.698. The molecule has 28 heavy (non-hydrogen) atoms. The van der Waals surface area contributed by atoms with E-state index in [0.717, 1.165) is 38.2 Å². The van der Waals surface area contributed by atoms with Crippen molar-refractivity contribution >= 4 is 17.2 Å². The second-order valence-electron chi connectivity index (χ2n) is 7.02. The Morgan fingerprint density at radius 2 is 1.86 bits per heavy atom. The summed E-state index contributed by atoms with van der Waals surface area (Å²) in [6.45, 7) is 5.60. The fourth-order valence-electron chi connectivity index (χ4n) is 3.30. The van der Waals surface area contributed by atoms with Gasteiger partial charge in [0.25, 0.3) is 5.91 Å². The van der Waals surface area contributed by atoms with Crippen LogP contribution >= 0.6 is 11.3 Å². The van der Waals surface area contributed by atoms with E-state index in [0.29, 0.717) is 27.7 Å². The first-order valence-electron chi connectivity index (χ1n) is 9.50. The maximum atomic E-state index is 12.7. The SMILES string of the molecule is Cc1nc(-c2ccc(C(F)(F)F)cc2)sc1C(=O)NCCCN1CCCCC1. The summed E-state index contributed by atoms with van der Waals surface area (Å²) in [5, 5.41) is 3.48. The Kier molecular flexibility index (Phi) is 6.72. The van der Waals surface area contributed by atoms with E-state index >= 15 is 0 Å². The molecule has 1 aromatic heterocycles. The van der Waals surface area contributed by atoms with Gasteiger partial charge in [0.1, 0.15) is 9.88 Å². The Balaban J connectivity index is 1.56. The van der Waals surface area contributed by atoms with Crippen molar-refractivity contribution < 1.29 is 18.0 Å². The van der Waals surface area contributed by atoms with Crippen LogP contribution in [0.2, 0.25) is 0 Å². The van der Waals surface area contributed by atoms with Crippen molar-refractivity contribution in [3.05, 3.63) is 40.4 Å². The van der Waals surface area contributed by atoms with Crippen molar-refractivity contribution in [2.75, 3.05) is 26.2 Å². The van der Waals surface area contributed by atoms with Crippen LogP contribution < -0.4 is 5.32 Å². The van der Waals surface area contributed by atoms with Gasteiger partial charge in [-0.15, -0.1) is 11.3 Å². The average Bonchev–Trinajstić information content (AvgIpc) is 3.07. The summed E-state index contributed by atoms with van der Waals surface area (Å²) in [5.41, 5.74) is 0.467. The monoisotopic (exact) mass is 411 g/mol. The molecule has 1 saturated heterocycles. The first-order valence-corrected chi connectivity index (χ1v) is 10.3. The van der Waals surface area contributed by atoms with Gasteiger partial charge < -0.3 is 10.2 Å². The van der Waals surface area contributed by atoms with Crippen molar-refractivity contribution in [1.29, 1.82) is 0 Å². The van der Waals surface area contributed by atoms with E-state index < -0.39 is 11.7 Å². The molecule has 0 radical (unpaired) electrons. The van der Waals surface area contributed by atoms with E-state index in [1.165, 1.54) is 42.7 Å². The predicted molar refractivity (Wildman–Crippen MR) is 105 cm³/mol. The van der Waals surface area contributed by atoms with E-state index in [9.17, 15) is 18.0 Å². The molecule has 4 nitrogen and oxygen atoms in total. The Morgan fingerprint density at radius 3 is 2.50 bits per heavy atom. The number of carbonyl (C=O) groups is 1. The molecule has 1 amide bonds. The van der Waals surface area contributed by atoms with Gasteiger partial charge in [-0.25, -0.2) is 4.98 Å². The minimum atomic E-state index is -4.36. The highest BCUT2D eigenvalue weighted by Gasteiger charge is 2.30. The number of amides is 1. The lowest BCUT2D eigenvalue weighted by atomic mass is 10.1. The van der Waals surface area contributed by atoms with Crippen LogP contribution in [-0.2, 0) is 6.18 Å². The summed E-state index contributed by atoms with van der Waals surface area (Å²) in [4.78, 5) is 19.7. The Labute approximate surface area is 166 Å². The number of benzene rings is 1. The van der Waals surface area contributed by atoms with Gasteiger partial charge >= 0.3 is 6.18 Å². The highest BCUT2D eigenvalue weighted by molar-refractivity contribution is 7.17. The number of carbonyl (C=O) groups excluding carboxylic acids is 1. The summed E-state index contributed by atoms with van der Waals surface area (Å²) in [6, 6.07) is 4.85. The number of aryl methyl sites for hydroxylation is 1. The molecule has 1 aliphatic rings. The third-order valence-corrected chi connectivity index (χ3v) is 6.05. The van der Waals surface area contributed by atoms with Gasteiger partial charge in [0.15, 0.2) is 0 Å². The highest BCUT2D eigenvalue weighted by atomic mass is 32.1. The molecule has 2 heterocycles. The molecule has 0 atom stereocenters. The topological polar surface area (TPSA) is 45.2 Å². The molecule has 1 N–H and O–H groups in total. The smallest absolute Gasteiger partial charge is 0.351 e. The summed E-state index contributed by atoms with van der Waals surface area (Å²) in [6.07, 6.45) is 0.337. The molecular weight excluding hydrogens is 387 g/mol. The van der Waals surface area contributed by atoms with Crippen LogP contribution in [0.25, 0.3) is 10.6 Å². The Morgan fingerprint density at radius 1 is 1.18 bits per heavy atom. The van der Waals surface area contributed by atoms with Crippen molar-refractivity contribution in [3.63, 3.8) is 0 Å². The molecule has 0 spiro atoms. The molecule has 8 heteroatoms. The van der Waals surface area contributed by atoms with Crippen molar-refractivity contribution in [2.45, 2.75) is 38.8 Å². The van der Waals surface area contributed by atoms with Gasteiger partial charge in [0.05, 0.1) is 11.3 Å². The molecule has 0 aliphatic carbocycles. The number of nitrogens with zero attached hydrogens (tertiary/aromatic N) is 2. The lowest BCUT2D eigenvalue weighted by molar-refractivity contribution is -0.137. The van der Waals surface area contributed by atoms with E-state index in [1.807, 2.05) is 0 Å². The molecule has 1 aliphatic heterocycles. The molecule has 1 fully saturated rings. The molecule has 1 aromatic carbocycles. The standard InChI is InChI=1S/C20H24F3N3OS/c1-14-17(18(27)24-10-5-13-26-11-3-2-4-12-26)28-19(25-14)15-6-8-16(9-7-15)20(21,22)23/h6-9H,2-5,10-13H2,1H3,(H,24,27). The summed E-state index contributed by atoms with van der Waals surface area (Å²) in [5.74, 6) is -0.174. The number of halogens is 3. The normalized spacial score (nSPS) is 15.6. The summed E-state index contributed by atoms with van der Waals surface area (Å²) >= 11 is 1.21. The third kappa shape index (κ3) is 5.32. The van der Waals surface area contributed by atoms with Gasteiger partial charge in [0, 0.05) is 12.1 Å². The maximum absolute atomic E-state index is 12.7. The van der Waals surface area contributed by atoms with Crippen molar-refractivity contribution in [1.82, 2.24) is 15.2 Å². The number of likely N-dealkylation sites (tertiary alicyclic amines) is 1. The average molecular weight is 411 g/mol. The van der Waals surface area contributed by atoms with Crippen LogP contribution in [0.4, 0.5) is 13.2 Å². The lowest BCUT2D eigenvalue weighted by Crippen LogP contribution is -2.33. The first kappa shape index (κ1) is 20.8. The second kappa shape index (κ2) is 9.05. The largest absolute Gasteiger partial charge is 0.416 e. The zero-order chi connectivity index (χ0) is 20.1. The van der Waals surface area contributed by atoms with E-state index in [1.54, 1.807) is 6.92 Å². The van der Waals surface area contributed by atoms with Crippen LogP contribution in [0.3, 0.4) is 0 Å². The zero-order valence-corrected chi connectivity index (χ0v) is 16.6. The van der Waals surface area contributed by atoms with Gasteiger partial charge in [-0.2, -0.15) is 13.2 Å². The van der Waals surface area contributed by atoms with Crippen LogP contribution in [0.5, 0.6) is 0 Å². The zero-order valence-electron chi connectivity index (χ0n) is 15.8. The molecule has 0 bridgehead atoms. The van der Waals surface area contributed by atoms with Crippen LogP contribution in [0.15, 0.2) is 24.3 Å². The second-order valence-corrected chi connectivity index (χ2v) is 8.02. The van der Waals surface area contributed by atoms with Gasteiger partial charge in [-0.05, 0) is 58.0 Å². The summed E-state index contributed by atoms with van der Waals surface area (Å²) in [7, 11) is 0. The molecular formula is C20H24F3N3OS. The molecule has 2 aromatic rings. The van der Waals surface area contributed by atoms with Gasteiger partial charge in [-0.1, -0.05) is 18.6 Å². The Bertz CT molecular complexity index is 796. The first-order chi connectivity index (χ1) is 13.3. The number of hydrogen-bond donors (Lipinski definition) is 1. The lowest BCUT2D eigenvalue weighted by Gasteiger charge is -2.26. The fraction of sp³-hybridized carbons (Fsp3) is 0.500. The van der Waals surface area contributed by atoms with E-state index in [2.05, 4.69) is 15.2 Å². The van der Waals surface area contributed by atoms with Crippen molar-refractivity contribution in [2.24, 2.45) is 0 Å². The highest BCUT2D eigenvalue weighted by Crippen LogP contribution is 2.32. The van der Waals surface area contributed by atoms with E-state index in [4.69, 9.17) is 0 Å². The maximum Gasteiger partial charge on any atom is 0.416 e. The summed E-state index contributed by atoms with van der Waals surface area (Å²) < 4.78 is 38.1. The number of piperidine rings is 1. The molecule has 0 unspecified atom stereocenters. The Hall–Kier alpha value is -1.93. The molecule has 3 rings (SSSR count). The number of alkyl halides is 3. The van der Waals surface area contributed by atoms with Crippen LogP contribution in [0.1, 0.15) is 46.6 Å². The number of nitrogens with one attached hydrogen (secondary N) is 1. The molecule has 0 saturated carbocycles. The van der Waals surface area contributed by atoms with Gasteiger partial charge in [-0.3, -0.25) is 4.79 Å². The number of thiazole rings is 1. The molecule has 152 valence electrons. The third-order valence-electron chi connectivity index (χ3n) is 4.85. The van der Waals surface area contributed by atoms with Crippen molar-refractivity contribution in [3.8, 4) is 10.6 Å². The number of hydrogen-bond acceptors (Lipinski definition) is 4. The van der Waals surface area contributed by atoms with E-state index in [-0.39, 0.29) is 5.91 Å². The minimum absolute atomic E-state index is 0.174. The fourth-order valence-corrected chi connectivity index (χ4v) is 4.29. The van der Waals surface area contributed by atoms with Gasteiger partial charge in [0.2, 0.25) is 0 Å². The van der Waals surface area contributed by atoms with Crippen LogP contribution in [0, 0.1) is 6.92 Å². The van der Waals surface area contributed by atoms with Crippen LogP contribution in [-0.4, -0.2) is 42.0 Å². The minimum Gasteiger partial charge on any atom is -0.351 e. The predicted octanol–water partition coefficient (Wildman–Crippen LogP) is 4.74.